The van der Waals surface area contributed by atoms with Crippen molar-refractivity contribution in [2.75, 3.05) is 0 Å². The van der Waals surface area contributed by atoms with Crippen molar-refractivity contribution in [3.05, 3.63) is 89.7 Å². The van der Waals surface area contributed by atoms with Crippen LogP contribution in [0.5, 0.6) is 0 Å². The van der Waals surface area contributed by atoms with Gasteiger partial charge in [0.25, 0.3) is 0 Å². The fourth-order valence-corrected chi connectivity index (χ4v) is 2.74. The molecular formula is C20H23ClNO4+. The molecule has 0 aliphatic rings. The van der Waals surface area contributed by atoms with Gasteiger partial charge in [-0.25, -0.2) is 0 Å². The van der Waals surface area contributed by atoms with Crippen molar-refractivity contribution in [2.24, 2.45) is 0 Å². The number of nitrogens with zero attached hydrogens (tertiary/aromatic N) is 1. The Bertz CT molecular complexity index is 804. The summed E-state index contributed by atoms with van der Waals surface area (Å²) in [6, 6.07) is 25.7. The van der Waals surface area contributed by atoms with Gasteiger partial charge in [0.05, 0.1) is 0 Å². The number of benzene rings is 2. The van der Waals surface area contributed by atoms with Crippen molar-refractivity contribution < 1.29 is 33.4 Å². The van der Waals surface area contributed by atoms with Crippen LogP contribution in [0.25, 0.3) is 11.1 Å². The summed E-state index contributed by atoms with van der Waals surface area (Å²) < 4.78 is 32.6. The molecule has 0 fully saturated rings. The minimum absolute atomic E-state index is 0.924. The molecule has 0 amide bonds. The SMILES string of the molecule is Cc1cc(-c2ccccc2)cc(C)[n+]1Cc1ccccc1.[O-][Cl+](O)(O)O. The van der Waals surface area contributed by atoms with Crippen molar-refractivity contribution >= 4 is 0 Å². The second-order valence-electron chi connectivity index (χ2n) is 5.90. The van der Waals surface area contributed by atoms with Crippen molar-refractivity contribution in [3.8, 4) is 11.1 Å². The average molecular weight is 377 g/mol. The molecule has 0 bridgehead atoms. The Morgan fingerprint density at radius 1 is 0.769 bits per heavy atom. The van der Waals surface area contributed by atoms with Crippen LogP contribution in [0, 0.1) is 24.1 Å². The predicted octanol–water partition coefficient (Wildman–Crippen LogP) is 1.45. The first-order valence-electron chi connectivity index (χ1n) is 8.00. The summed E-state index contributed by atoms with van der Waals surface area (Å²) >= 11 is 0. The molecule has 0 radical (unpaired) electrons. The van der Waals surface area contributed by atoms with E-state index in [1.807, 2.05) is 0 Å². The molecule has 0 saturated carbocycles. The van der Waals surface area contributed by atoms with Crippen LogP contribution in [0.15, 0.2) is 72.8 Å². The Labute approximate surface area is 155 Å². The molecule has 0 spiro atoms. The second-order valence-corrected chi connectivity index (χ2v) is 6.77. The number of rotatable bonds is 3. The van der Waals surface area contributed by atoms with Crippen LogP contribution in [0.3, 0.4) is 0 Å². The summed E-state index contributed by atoms with van der Waals surface area (Å²) in [6.45, 7) is 5.29. The number of hydrogen-bond acceptors (Lipinski definition) is 4. The Morgan fingerprint density at radius 2 is 1.19 bits per heavy atom. The van der Waals surface area contributed by atoms with Crippen molar-refractivity contribution in [2.45, 2.75) is 20.4 Å². The molecule has 138 valence electrons. The molecule has 6 heteroatoms. The quantitative estimate of drug-likeness (QED) is 0.604. The van der Waals surface area contributed by atoms with E-state index < -0.39 is 10.2 Å². The molecule has 0 aliphatic carbocycles. The molecule has 26 heavy (non-hydrogen) atoms. The van der Waals surface area contributed by atoms with E-state index in [0.717, 1.165) is 6.54 Å². The van der Waals surface area contributed by atoms with E-state index in [1.165, 1.54) is 28.1 Å². The molecule has 3 N–H and O–H groups in total. The van der Waals surface area contributed by atoms with Crippen LogP contribution in [-0.4, -0.2) is 14.0 Å². The van der Waals surface area contributed by atoms with Crippen LogP contribution in [-0.2, 0) is 6.54 Å². The zero-order valence-corrected chi connectivity index (χ0v) is 15.5. The topological polar surface area (TPSA) is 87.6 Å². The first kappa shape index (κ1) is 20.0. The Balaban J connectivity index is 0.000000431. The summed E-state index contributed by atoms with van der Waals surface area (Å²) in [5, 5.41) is 0. The standard InChI is InChI=1S/C20H20N.ClH3O4/c1-16-13-20(19-11-7-4-8-12-19)14-17(2)21(16)15-18-9-5-3-6-10-18;2-1(3,4)5/h3-14H,15H2,1-2H3;2-4H/q+1;. The molecule has 0 saturated heterocycles. The zero-order valence-electron chi connectivity index (χ0n) is 14.7. The van der Waals surface area contributed by atoms with Gasteiger partial charge in [-0.2, -0.15) is 4.57 Å². The van der Waals surface area contributed by atoms with Gasteiger partial charge < -0.3 is 0 Å². The first-order chi connectivity index (χ1) is 12.2. The number of halogens is 1. The molecule has 0 unspecified atom stereocenters. The first-order valence-corrected chi connectivity index (χ1v) is 9.33. The molecule has 3 aromatic rings. The van der Waals surface area contributed by atoms with Gasteiger partial charge in [-0.1, -0.05) is 60.7 Å². The molecule has 5 nitrogen and oxygen atoms in total. The van der Waals surface area contributed by atoms with E-state index in [0.29, 0.717) is 0 Å². The summed E-state index contributed by atoms with van der Waals surface area (Å²) in [5.41, 5.74) is 6.47. The molecule has 1 aromatic heterocycles. The normalized spacial score (nSPS) is 11.5. The second kappa shape index (κ2) is 8.89. The minimum atomic E-state index is -4.19. The number of pyridine rings is 1. The van der Waals surface area contributed by atoms with Crippen LogP contribution in [0.1, 0.15) is 17.0 Å². The van der Waals surface area contributed by atoms with Crippen LogP contribution >= 0.6 is 0 Å². The molecule has 3 rings (SSSR count). The predicted molar refractivity (Wildman–Crippen MR) is 93.7 cm³/mol. The molecule has 0 atom stereocenters. The molecule has 2 aromatic carbocycles. The third-order valence-corrected chi connectivity index (χ3v) is 3.87. The fraction of sp³-hybridized carbons (Fsp3) is 0.150. The van der Waals surface area contributed by atoms with Crippen LogP contribution in [0.2, 0.25) is 0 Å². The zero-order chi connectivity index (χ0) is 19.2. The van der Waals surface area contributed by atoms with Gasteiger partial charge in [0, 0.05) is 31.5 Å². The fourth-order valence-electron chi connectivity index (χ4n) is 2.74. The Morgan fingerprint density at radius 3 is 1.65 bits per heavy atom. The summed E-state index contributed by atoms with van der Waals surface area (Å²) in [4.78, 5) is 0. The Hall–Kier alpha value is -2.28. The Kier molecular flexibility index (Phi) is 6.85. The van der Waals surface area contributed by atoms with E-state index in [1.54, 1.807) is 0 Å². The van der Waals surface area contributed by atoms with E-state index in [-0.39, 0.29) is 0 Å². The number of hydrogen-bond donors (Lipinski definition) is 3. The van der Waals surface area contributed by atoms with Crippen LogP contribution in [0.4, 0.5) is 0 Å². The van der Waals surface area contributed by atoms with E-state index in [4.69, 9.17) is 18.6 Å². The van der Waals surface area contributed by atoms with Gasteiger partial charge in [0.1, 0.15) is 0 Å². The number of aromatic nitrogens is 1. The van der Waals surface area contributed by atoms with E-state index >= 15 is 0 Å². The van der Waals surface area contributed by atoms with E-state index in [9.17, 15) is 0 Å². The van der Waals surface area contributed by atoms with Crippen molar-refractivity contribution in [1.29, 1.82) is 0 Å². The maximum atomic E-state index is 8.83. The number of aryl methyl sites for hydroxylation is 2. The summed E-state index contributed by atoms with van der Waals surface area (Å²) in [6.07, 6.45) is 0. The van der Waals surface area contributed by atoms with Crippen molar-refractivity contribution in [1.82, 2.24) is 0 Å². The third kappa shape index (κ3) is 6.55. The summed E-state index contributed by atoms with van der Waals surface area (Å²) in [7, 11) is -4.19. The van der Waals surface area contributed by atoms with Gasteiger partial charge in [-0.05, 0) is 11.1 Å². The monoisotopic (exact) mass is 376 g/mol. The molecular weight excluding hydrogens is 354 g/mol. The van der Waals surface area contributed by atoms with Crippen LogP contribution < -0.4 is 9.23 Å². The summed E-state index contributed by atoms with van der Waals surface area (Å²) in [5.74, 6) is 0. The van der Waals surface area contributed by atoms with Gasteiger partial charge in [0.2, 0.25) is 0 Å². The molecule has 0 aliphatic heterocycles. The van der Waals surface area contributed by atoms with Crippen molar-refractivity contribution in [3.63, 3.8) is 0 Å². The van der Waals surface area contributed by atoms with E-state index in [2.05, 4.69) is 91.2 Å². The molecule has 1 heterocycles. The van der Waals surface area contributed by atoms with Gasteiger partial charge in [0.15, 0.2) is 17.9 Å². The maximum absolute atomic E-state index is 8.83. The average Bonchev–Trinajstić information content (AvgIpc) is 2.58. The van der Waals surface area contributed by atoms with Gasteiger partial charge in [-0.15, -0.1) is 0 Å². The van der Waals surface area contributed by atoms with Gasteiger partial charge >= 0.3 is 28.9 Å². The third-order valence-electron chi connectivity index (χ3n) is 3.87. The van der Waals surface area contributed by atoms with Gasteiger partial charge in [-0.3, -0.25) is 0 Å².